The monoisotopic (exact) mass is 195 g/mol. The molecule has 4 heteroatoms. The summed E-state index contributed by atoms with van der Waals surface area (Å²) in [6.45, 7) is 0. The van der Waals surface area contributed by atoms with Gasteiger partial charge in [0.2, 0.25) is 5.91 Å². The van der Waals surface area contributed by atoms with Crippen molar-refractivity contribution in [1.29, 1.82) is 0 Å². The molecule has 0 spiro atoms. The van der Waals surface area contributed by atoms with E-state index < -0.39 is 0 Å². The largest absolute Gasteiger partial charge is 0.365 e. The van der Waals surface area contributed by atoms with Gasteiger partial charge in [-0.05, 0) is 31.4 Å². The lowest BCUT2D eigenvalue weighted by Crippen LogP contribution is -2.33. The summed E-state index contributed by atoms with van der Waals surface area (Å²) in [7, 11) is 1.69. The highest BCUT2D eigenvalue weighted by atomic mass is 16.2. The normalized spacial score (nSPS) is 10.1. The van der Waals surface area contributed by atoms with E-state index in [0.717, 1.165) is 19.3 Å². The fourth-order valence-corrected chi connectivity index (χ4v) is 1.33. The lowest BCUT2D eigenvalue weighted by Gasteiger charge is -2.02. The highest BCUT2D eigenvalue weighted by Gasteiger charge is 1.99. The smallest absolute Gasteiger partial charge is 0.234 e. The Morgan fingerprint density at radius 2 is 2.36 bits per heavy atom. The van der Waals surface area contributed by atoms with E-state index in [1.165, 1.54) is 5.69 Å². The van der Waals surface area contributed by atoms with Crippen LogP contribution in [0.4, 0.5) is 0 Å². The predicted molar refractivity (Wildman–Crippen MR) is 55.6 cm³/mol. The molecular formula is C10H17N3O. The number of carbonyl (C=O) groups excluding carboxylic acids is 1. The Morgan fingerprint density at radius 3 is 3.00 bits per heavy atom. The maximum atomic E-state index is 11.0. The summed E-state index contributed by atoms with van der Waals surface area (Å²) in [5, 5.41) is 0. The molecule has 1 heterocycles. The van der Waals surface area contributed by atoms with Gasteiger partial charge in [0.15, 0.2) is 0 Å². The van der Waals surface area contributed by atoms with Crippen LogP contribution in [0.3, 0.4) is 0 Å². The lowest BCUT2D eigenvalue weighted by molar-refractivity contribution is -0.122. The Bertz CT molecular complexity index is 256. The third-order valence-electron chi connectivity index (χ3n) is 2.03. The highest BCUT2D eigenvalue weighted by molar-refractivity contribution is 5.75. The topological polar surface area (TPSA) is 56.9 Å². The van der Waals surface area contributed by atoms with Crippen LogP contribution >= 0.6 is 0 Å². The second kappa shape index (κ2) is 6.21. The number of hydrogen-bond acceptors (Lipinski definition) is 2. The zero-order valence-corrected chi connectivity index (χ0v) is 8.47. The van der Waals surface area contributed by atoms with Crippen LogP contribution in [0, 0.1) is 0 Å². The van der Waals surface area contributed by atoms with Crippen molar-refractivity contribution in [2.24, 2.45) is 0 Å². The Hall–Kier alpha value is -1.29. The molecule has 78 valence electrons. The van der Waals surface area contributed by atoms with Crippen LogP contribution in [0.5, 0.6) is 0 Å². The molecule has 1 aromatic heterocycles. The van der Waals surface area contributed by atoms with E-state index in [2.05, 4.69) is 21.9 Å². The molecule has 0 unspecified atom stereocenters. The van der Waals surface area contributed by atoms with Crippen molar-refractivity contribution in [3.63, 3.8) is 0 Å². The molecule has 14 heavy (non-hydrogen) atoms. The number of aromatic amines is 1. The number of aryl methyl sites for hydroxylation is 1. The van der Waals surface area contributed by atoms with Crippen LogP contribution in [0.2, 0.25) is 0 Å². The Kier molecular flexibility index (Phi) is 4.78. The standard InChI is InChI=1S/C10H17N3O/c1-11-13-10(14)7-3-2-5-9-6-4-8-12-9/h4,6,8,11-12H,2-3,5,7H2,1H3,(H,13,14). The van der Waals surface area contributed by atoms with E-state index in [4.69, 9.17) is 0 Å². The zero-order chi connectivity index (χ0) is 10.2. The van der Waals surface area contributed by atoms with Crippen LogP contribution in [0.15, 0.2) is 18.3 Å². The van der Waals surface area contributed by atoms with Crippen molar-refractivity contribution in [3.05, 3.63) is 24.0 Å². The summed E-state index contributed by atoms with van der Waals surface area (Å²) in [6.07, 6.45) is 5.48. The second-order valence-corrected chi connectivity index (χ2v) is 3.20. The van der Waals surface area contributed by atoms with Gasteiger partial charge < -0.3 is 4.98 Å². The van der Waals surface area contributed by atoms with Crippen molar-refractivity contribution < 1.29 is 4.79 Å². The van der Waals surface area contributed by atoms with Gasteiger partial charge in [-0.15, -0.1) is 0 Å². The maximum absolute atomic E-state index is 11.0. The number of aromatic nitrogens is 1. The Morgan fingerprint density at radius 1 is 1.50 bits per heavy atom. The third-order valence-corrected chi connectivity index (χ3v) is 2.03. The van der Waals surface area contributed by atoms with E-state index in [0.29, 0.717) is 6.42 Å². The van der Waals surface area contributed by atoms with Crippen LogP contribution in [-0.4, -0.2) is 17.9 Å². The average molecular weight is 195 g/mol. The number of carbonyl (C=O) groups is 1. The first-order valence-corrected chi connectivity index (χ1v) is 4.91. The summed E-state index contributed by atoms with van der Waals surface area (Å²) in [4.78, 5) is 14.2. The zero-order valence-electron chi connectivity index (χ0n) is 8.47. The average Bonchev–Trinajstić information content (AvgIpc) is 2.65. The maximum Gasteiger partial charge on any atom is 0.234 e. The van der Waals surface area contributed by atoms with Crippen LogP contribution < -0.4 is 10.9 Å². The SMILES string of the molecule is CNNC(=O)CCCCc1ccc[nH]1. The molecule has 4 nitrogen and oxygen atoms in total. The van der Waals surface area contributed by atoms with Gasteiger partial charge in [-0.25, -0.2) is 5.43 Å². The van der Waals surface area contributed by atoms with Gasteiger partial charge in [0.1, 0.15) is 0 Å². The van der Waals surface area contributed by atoms with Gasteiger partial charge in [0.05, 0.1) is 0 Å². The lowest BCUT2D eigenvalue weighted by atomic mass is 10.1. The van der Waals surface area contributed by atoms with Gasteiger partial charge >= 0.3 is 0 Å². The molecule has 0 radical (unpaired) electrons. The highest BCUT2D eigenvalue weighted by Crippen LogP contribution is 2.03. The number of hydrogen-bond donors (Lipinski definition) is 3. The number of unbranched alkanes of at least 4 members (excludes halogenated alkanes) is 1. The molecule has 1 aromatic rings. The minimum Gasteiger partial charge on any atom is -0.365 e. The first-order valence-electron chi connectivity index (χ1n) is 4.91. The van der Waals surface area contributed by atoms with Crippen LogP contribution in [0.25, 0.3) is 0 Å². The van der Waals surface area contributed by atoms with E-state index >= 15 is 0 Å². The number of amides is 1. The Balaban J connectivity index is 2.02. The van der Waals surface area contributed by atoms with Crippen molar-refractivity contribution in [3.8, 4) is 0 Å². The van der Waals surface area contributed by atoms with Crippen molar-refractivity contribution in [1.82, 2.24) is 15.8 Å². The Labute approximate surface area is 84.1 Å². The van der Waals surface area contributed by atoms with E-state index in [9.17, 15) is 4.79 Å². The first kappa shape index (κ1) is 10.8. The molecule has 0 bridgehead atoms. The molecule has 0 atom stereocenters. The van der Waals surface area contributed by atoms with Crippen LogP contribution in [-0.2, 0) is 11.2 Å². The minimum absolute atomic E-state index is 0.0546. The fourth-order valence-electron chi connectivity index (χ4n) is 1.33. The third kappa shape index (κ3) is 4.09. The van der Waals surface area contributed by atoms with Gasteiger partial charge in [-0.3, -0.25) is 10.2 Å². The number of nitrogens with one attached hydrogen (secondary N) is 3. The number of rotatable bonds is 6. The molecule has 3 N–H and O–H groups in total. The molecule has 0 aromatic carbocycles. The quantitative estimate of drug-likeness (QED) is 0.468. The molecular weight excluding hydrogens is 178 g/mol. The van der Waals surface area contributed by atoms with E-state index in [-0.39, 0.29) is 5.91 Å². The van der Waals surface area contributed by atoms with E-state index in [1.54, 1.807) is 7.05 Å². The first-order chi connectivity index (χ1) is 6.83. The molecule has 0 saturated heterocycles. The number of hydrazine groups is 1. The summed E-state index contributed by atoms with van der Waals surface area (Å²) < 4.78 is 0. The molecule has 0 saturated carbocycles. The molecule has 0 aliphatic carbocycles. The van der Waals surface area contributed by atoms with Crippen molar-refractivity contribution >= 4 is 5.91 Å². The van der Waals surface area contributed by atoms with Gasteiger partial charge in [0.25, 0.3) is 0 Å². The summed E-state index contributed by atoms with van der Waals surface area (Å²) >= 11 is 0. The number of H-pyrrole nitrogens is 1. The molecule has 1 amide bonds. The molecule has 1 rings (SSSR count). The summed E-state index contributed by atoms with van der Waals surface area (Å²) in [5.41, 5.74) is 6.39. The fraction of sp³-hybridized carbons (Fsp3) is 0.500. The molecule has 0 aliphatic rings. The predicted octanol–water partition coefficient (Wildman–Crippen LogP) is 0.978. The van der Waals surface area contributed by atoms with Gasteiger partial charge in [-0.1, -0.05) is 0 Å². The van der Waals surface area contributed by atoms with Crippen LogP contribution in [0.1, 0.15) is 25.0 Å². The summed E-state index contributed by atoms with van der Waals surface area (Å²) in [6, 6.07) is 4.05. The molecule has 0 aliphatic heterocycles. The second-order valence-electron chi connectivity index (χ2n) is 3.20. The van der Waals surface area contributed by atoms with E-state index in [1.807, 2.05) is 12.3 Å². The van der Waals surface area contributed by atoms with Gasteiger partial charge in [-0.2, -0.15) is 0 Å². The minimum atomic E-state index is 0.0546. The van der Waals surface area contributed by atoms with Crippen molar-refractivity contribution in [2.75, 3.05) is 7.05 Å². The van der Waals surface area contributed by atoms with Gasteiger partial charge in [0, 0.05) is 25.4 Å². The molecule has 0 fully saturated rings. The summed E-state index contributed by atoms with van der Waals surface area (Å²) in [5.74, 6) is 0.0546. The van der Waals surface area contributed by atoms with Crippen molar-refractivity contribution in [2.45, 2.75) is 25.7 Å².